The average Bonchev–Trinajstić information content (AvgIpc) is 2.94. The summed E-state index contributed by atoms with van der Waals surface area (Å²) in [6.07, 6.45) is 0.817. The molecule has 3 rings (SSSR count). The molecule has 1 atom stereocenters. The molecular formula is C20H24N4O. The van der Waals surface area contributed by atoms with Gasteiger partial charge in [-0.05, 0) is 38.0 Å². The van der Waals surface area contributed by atoms with E-state index >= 15 is 0 Å². The van der Waals surface area contributed by atoms with E-state index in [0.717, 1.165) is 35.4 Å². The van der Waals surface area contributed by atoms with Crippen molar-refractivity contribution in [2.45, 2.75) is 32.4 Å². The second-order valence-corrected chi connectivity index (χ2v) is 6.48. The SMILES string of the molecule is Cc1nc2ccccc2n1CCCNC(=O)C(C)(N)c1ccccc1. The number of carbonyl (C=O) groups excluding carboxylic acids is 1. The number of hydrogen-bond acceptors (Lipinski definition) is 3. The minimum Gasteiger partial charge on any atom is -0.354 e. The Bertz CT molecular complexity index is 868. The van der Waals surface area contributed by atoms with Crippen LogP contribution in [0.5, 0.6) is 0 Å². The van der Waals surface area contributed by atoms with E-state index in [2.05, 4.69) is 20.9 Å². The zero-order valence-electron chi connectivity index (χ0n) is 14.7. The van der Waals surface area contributed by atoms with Crippen molar-refractivity contribution in [3.63, 3.8) is 0 Å². The first-order valence-corrected chi connectivity index (χ1v) is 8.55. The quantitative estimate of drug-likeness (QED) is 0.680. The molecule has 0 bridgehead atoms. The first-order chi connectivity index (χ1) is 12.0. The lowest BCUT2D eigenvalue weighted by Crippen LogP contribution is -2.49. The highest BCUT2D eigenvalue weighted by Gasteiger charge is 2.29. The van der Waals surface area contributed by atoms with E-state index in [0.29, 0.717) is 6.54 Å². The van der Waals surface area contributed by atoms with E-state index in [1.807, 2.05) is 55.5 Å². The van der Waals surface area contributed by atoms with Crippen LogP contribution in [0.15, 0.2) is 54.6 Å². The topological polar surface area (TPSA) is 72.9 Å². The Hall–Kier alpha value is -2.66. The number of rotatable bonds is 6. The third-order valence-corrected chi connectivity index (χ3v) is 4.53. The van der Waals surface area contributed by atoms with Crippen molar-refractivity contribution in [1.29, 1.82) is 0 Å². The number of benzene rings is 2. The summed E-state index contributed by atoms with van der Waals surface area (Å²) in [5.74, 6) is 0.825. The maximum absolute atomic E-state index is 12.5. The van der Waals surface area contributed by atoms with E-state index < -0.39 is 5.54 Å². The summed E-state index contributed by atoms with van der Waals surface area (Å²) < 4.78 is 2.18. The number of nitrogens with one attached hydrogen (secondary N) is 1. The second-order valence-electron chi connectivity index (χ2n) is 6.48. The lowest BCUT2D eigenvalue weighted by atomic mass is 9.92. The summed E-state index contributed by atoms with van der Waals surface area (Å²) >= 11 is 0. The third-order valence-electron chi connectivity index (χ3n) is 4.53. The summed E-state index contributed by atoms with van der Waals surface area (Å²) in [6, 6.07) is 17.5. The van der Waals surface area contributed by atoms with Gasteiger partial charge in [0, 0.05) is 13.1 Å². The van der Waals surface area contributed by atoms with Crippen LogP contribution in [-0.4, -0.2) is 22.0 Å². The predicted octanol–water partition coefficient (Wildman–Crippen LogP) is 2.73. The number of amides is 1. The Balaban J connectivity index is 1.58. The molecular weight excluding hydrogens is 312 g/mol. The maximum atomic E-state index is 12.5. The van der Waals surface area contributed by atoms with Gasteiger partial charge in [0.1, 0.15) is 11.4 Å². The van der Waals surface area contributed by atoms with Gasteiger partial charge >= 0.3 is 0 Å². The van der Waals surface area contributed by atoms with E-state index in [1.54, 1.807) is 6.92 Å². The van der Waals surface area contributed by atoms with Crippen molar-refractivity contribution in [3.05, 3.63) is 66.0 Å². The summed E-state index contributed by atoms with van der Waals surface area (Å²) in [5.41, 5.74) is 8.14. The molecule has 1 heterocycles. The van der Waals surface area contributed by atoms with Crippen LogP contribution in [0.25, 0.3) is 11.0 Å². The smallest absolute Gasteiger partial charge is 0.244 e. The number of hydrogen-bond donors (Lipinski definition) is 2. The Kier molecular flexibility index (Phi) is 4.86. The number of aromatic nitrogens is 2. The number of nitrogens with zero attached hydrogens (tertiary/aromatic N) is 2. The molecule has 0 saturated carbocycles. The molecule has 0 aliphatic heterocycles. The number of carbonyl (C=O) groups is 1. The van der Waals surface area contributed by atoms with Gasteiger partial charge in [-0.2, -0.15) is 0 Å². The lowest BCUT2D eigenvalue weighted by molar-refractivity contribution is -0.126. The molecule has 1 aromatic heterocycles. The van der Waals surface area contributed by atoms with Crippen molar-refractivity contribution < 1.29 is 4.79 Å². The first kappa shape index (κ1) is 17.2. The minimum atomic E-state index is -1.03. The normalized spacial score (nSPS) is 13.6. The number of nitrogens with two attached hydrogens (primary N) is 1. The molecule has 0 saturated heterocycles. The molecule has 0 aliphatic rings. The first-order valence-electron chi connectivity index (χ1n) is 8.55. The van der Waals surface area contributed by atoms with Gasteiger partial charge in [-0.3, -0.25) is 4.79 Å². The van der Waals surface area contributed by atoms with Crippen molar-refractivity contribution in [1.82, 2.24) is 14.9 Å². The Labute approximate surface area is 147 Å². The van der Waals surface area contributed by atoms with Crippen molar-refractivity contribution in [2.75, 3.05) is 6.54 Å². The molecule has 3 N–H and O–H groups in total. The van der Waals surface area contributed by atoms with Gasteiger partial charge in [0.25, 0.3) is 0 Å². The molecule has 0 aliphatic carbocycles. The van der Waals surface area contributed by atoms with Crippen LogP contribution in [0, 0.1) is 6.92 Å². The largest absolute Gasteiger partial charge is 0.354 e. The standard InChI is InChI=1S/C20H24N4O/c1-15-23-17-11-6-7-12-18(17)24(15)14-8-13-22-19(25)20(2,21)16-9-4-3-5-10-16/h3-7,9-12H,8,13-14,21H2,1-2H3,(H,22,25). The fourth-order valence-corrected chi connectivity index (χ4v) is 3.02. The number of fused-ring (bicyclic) bond motifs is 1. The zero-order chi connectivity index (χ0) is 17.9. The zero-order valence-corrected chi connectivity index (χ0v) is 14.7. The maximum Gasteiger partial charge on any atom is 0.244 e. The number of imidazole rings is 1. The van der Waals surface area contributed by atoms with E-state index in [4.69, 9.17) is 5.73 Å². The second kappa shape index (κ2) is 7.07. The molecule has 2 aromatic carbocycles. The van der Waals surface area contributed by atoms with Crippen LogP contribution < -0.4 is 11.1 Å². The monoisotopic (exact) mass is 336 g/mol. The van der Waals surface area contributed by atoms with E-state index in [1.165, 1.54) is 0 Å². The molecule has 5 heteroatoms. The molecule has 1 unspecified atom stereocenters. The van der Waals surface area contributed by atoms with Crippen LogP contribution in [0.2, 0.25) is 0 Å². The van der Waals surface area contributed by atoms with Gasteiger partial charge in [0.05, 0.1) is 11.0 Å². The predicted molar refractivity (Wildman–Crippen MR) is 100 cm³/mol. The van der Waals surface area contributed by atoms with Gasteiger partial charge in [-0.25, -0.2) is 4.98 Å². The van der Waals surface area contributed by atoms with Crippen LogP contribution in [0.3, 0.4) is 0 Å². The summed E-state index contributed by atoms with van der Waals surface area (Å²) in [7, 11) is 0. The number of aryl methyl sites for hydroxylation is 2. The molecule has 3 aromatic rings. The molecule has 130 valence electrons. The van der Waals surface area contributed by atoms with Gasteiger partial charge in [-0.15, -0.1) is 0 Å². The van der Waals surface area contributed by atoms with Gasteiger partial charge in [0.15, 0.2) is 0 Å². The van der Waals surface area contributed by atoms with Crippen LogP contribution in [0.1, 0.15) is 24.7 Å². The fourth-order valence-electron chi connectivity index (χ4n) is 3.02. The van der Waals surface area contributed by atoms with Crippen LogP contribution >= 0.6 is 0 Å². The van der Waals surface area contributed by atoms with Crippen molar-refractivity contribution in [3.8, 4) is 0 Å². The van der Waals surface area contributed by atoms with Crippen molar-refractivity contribution in [2.24, 2.45) is 5.73 Å². The highest BCUT2D eigenvalue weighted by molar-refractivity contribution is 5.86. The van der Waals surface area contributed by atoms with Crippen molar-refractivity contribution >= 4 is 16.9 Å². The van der Waals surface area contributed by atoms with Gasteiger partial charge in [-0.1, -0.05) is 42.5 Å². The average molecular weight is 336 g/mol. The van der Waals surface area contributed by atoms with Gasteiger partial charge < -0.3 is 15.6 Å². The fraction of sp³-hybridized carbons (Fsp3) is 0.300. The highest BCUT2D eigenvalue weighted by Crippen LogP contribution is 2.18. The minimum absolute atomic E-state index is 0.161. The summed E-state index contributed by atoms with van der Waals surface area (Å²) in [4.78, 5) is 17.0. The molecule has 0 radical (unpaired) electrons. The van der Waals surface area contributed by atoms with E-state index in [9.17, 15) is 4.79 Å². The number of para-hydroxylation sites is 2. The van der Waals surface area contributed by atoms with E-state index in [-0.39, 0.29) is 5.91 Å². The summed E-state index contributed by atoms with van der Waals surface area (Å²) in [6.45, 7) is 5.12. The highest BCUT2D eigenvalue weighted by atomic mass is 16.2. The molecule has 25 heavy (non-hydrogen) atoms. The summed E-state index contributed by atoms with van der Waals surface area (Å²) in [5, 5.41) is 2.95. The molecule has 0 spiro atoms. The van der Waals surface area contributed by atoms with Crippen LogP contribution in [-0.2, 0) is 16.9 Å². The van der Waals surface area contributed by atoms with Gasteiger partial charge in [0.2, 0.25) is 5.91 Å². The Morgan fingerprint density at radius 1 is 1.16 bits per heavy atom. The molecule has 1 amide bonds. The lowest BCUT2D eigenvalue weighted by Gasteiger charge is -2.24. The van der Waals surface area contributed by atoms with Crippen LogP contribution in [0.4, 0.5) is 0 Å². The molecule has 5 nitrogen and oxygen atoms in total. The Morgan fingerprint density at radius 2 is 1.84 bits per heavy atom. The third kappa shape index (κ3) is 3.56. The molecule has 0 fully saturated rings. The Morgan fingerprint density at radius 3 is 2.60 bits per heavy atom.